The summed E-state index contributed by atoms with van der Waals surface area (Å²) in [7, 11) is -1.29. The van der Waals surface area contributed by atoms with Crippen LogP contribution >= 0.6 is 0 Å². The average molecular weight is 308 g/mol. The summed E-state index contributed by atoms with van der Waals surface area (Å²) in [5.74, 6) is -0.296. The van der Waals surface area contributed by atoms with Gasteiger partial charge in [-0.25, -0.2) is 0 Å². The molecule has 0 amide bonds. The van der Waals surface area contributed by atoms with Crippen LogP contribution in [0.25, 0.3) is 0 Å². The molecule has 116 valence electrons. The molecular weight excluding hydrogens is 284 g/mol. The molecule has 3 unspecified atom stereocenters. The lowest BCUT2D eigenvalue weighted by Gasteiger charge is -2.08. The Balaban J connectivity index is 1.81. The number of hydrogen-bond donors (Lipinski definition) is 0. The second-order valence-electron chi connectivity index (χ2n) is 5.60. The van der Waals surface area contributed by atoms with Crippen molar-refractivity contribution in [2.24, 2.45) is 0 Å². The van der Waals surface area contributed by atoms with Crippen LogP contribution in [0.1, 0.15) is 51.9 Å². The fourth-order valence-electron chi connectivity index (χ4n) is 2.67. The summed E-state index contributed by atoms with van der Waals surface area (Å²) in [4.78, 5) is 12.6. The van der Waals surface area contributed by atoms with Crippen LogP contribution in [-0.2, 0) is 20.3 Å². The topological polar surface area (TPSA) is 43.4 Å². The molecule has 0 aromatic heterocycles. The van der Waals surface area contributed by atoms with E-state index in [4.69, 9.17) is 4.74 Å². The summed E-state index contributed by atoms with van der Waals surface area (Å²) in [5, 5.41) is -0.493. The molecule has 4 heteroatoms. The molecule has 1 saturated heterocycles. The van der Waals surface area contributed by atoms with Crippen LogP contribution in [0, 0.1) is 0 Å². The van der Waals surface area contributed by atoms with Gasteiger partial charge in [-0.1, -0.05) is 50.8 Å². The highest BCUT2D eigenvalue weighted by Crippen LogP contribution is 2.26. The maximum atomic E-state index is 12.4. The van der Waals surface area contributed by atoms with Gasteiger partial charge in [0.2, 0.25) is 0 Å². The number of benzene rings is 1. The van der Waals surface area contributed by atoms with Gasteiger partial charge in [-0.15, -0.1) is 0 Å². The fourth-order valence-corrected chi connectivity index (χ4v) is 4.04. The molecule has 0 aliphatic carbocycles. The normalized spacial score (nSPS) is 23.0. The maximum Gasteiger partial charge on any atom is 0.322 e. The molecule has 2 rings (SSSR count). The number of cyclic esters (lactones) is 1. The van der Waals surface area contributed by atoms with E-state index in [9.17, 15) is 9.00 Å². The molecule has 0 spiro atoms. The van der Waals surface area contributed by atoms with Gasteiger partial charge >= 0.3 is 5.97 Å². The zero-order chi connectivity index (χ0) is 15.1. The SMILES string of the molecule is CCCCCCCC1CC(S(=O)c2ccccc2)C(=O)O1. The van der Waals surface area contributed by atoms with Gasteiger partial charge in [0, 0.05) is 11.3 Å². The molecule has 0 radical (unpaired) electrons. The van der Waals surface area contributed by atoms with E-state index in [0.717, 1.165) is 12.8 Å². The third-order valence-electron chi connectivity index (χ3n) is 3.89. The van der Waals surface area contributed by atoms with Gasteiger partial charge in [0.15, 0.2) is 0 Å². The van der Waals surface area contributed by atoms with E-state index in [0.29, 0.717) is 11.3 Å². The second kappa shape index (κ2) is 8.32. The highest BCUT2D eigenvalue weighted by atomic mass is 32.2. The van der Waals surface area contributed by atoms with E-state index in [2.05, 4.69) is 6.92 Å². The van der Waals surface area contributed by atoms with E-state index < -0.39 is 16.0 Å². The van der Waals surface area contributed by atoms with Crippen molar-refractivity contribution in [3.8, 4) is 0 Å². The van der Waals surface area contributed by atoms with E-state index in [-0.39, 0.29) is 12.1 Å². The Bertz CT molecular complexity index is 472. The Morgan fingerprint density at radius 3 is 2.57 bits per heavy atom. The summed E-state index contributed by atoms with van der Waals surface area (Å²) in [6.45, 7) is 2.20. The second-order valence-corrected chi connectivity index (χ2v) is 7.23. The van der Waals surface area contributed by atoms with Crippen LogP contribution in [0.3, 0.4) is 0 Å². The number of hydrogen-bond acceptors (Lipinski definition) is 3. The van der Waals surface area contributed by atoms with Gasteiger partial charge in [-0.2, -0.15) is 0 Å². The lowest BCUT2D eigenvalue weighted by Crippen LogP contribution is -2.20. The Morgan fingerprint density at radius 2 is 1.86 bits per heavy atom. The van der Waals surface area contributed by atoms with Crippen molar-refractivity contribution in [2.45, 2.75) is 68.1 Å². The third kappa shape index (κ3) is 4.67. The molecule has 1 aromatic carbocycles. The molecule has 0 bridgehead atoms. The molecule has 0 saturated carbocycles. The summed E-state index contributed by atoms with van der Waals surface area (Å²) >= 11 is 0. The Hall–Kier alpha value is -1.16. The zero-order valence-corrected chi connectivity index (χ0v) is 13.4. The summed E-state index contributed by atoms with van der Waals surface area (Å²) in [5.41, 5.74) is 0. The first-order chi connectivity index (χ1) is 10.2. The van der Waals surface area contributed by atoms with Gasteiger partial charge in [0.05, 0.1) is 10.8 Å². The first kappa shape index (κ1) is 16.2. The highest BCUT2D eigenvalue weighted by Gasteiger charge is 2.38. The maximum absolute atomic E-state index is 12.4. The van der Waals surface area contributed by atoms with Gasteiger partial charge in [-0.05, 0) is 25.0 Å². The summed E-state index contributed by atoms with van der Waals surface area (Å²) < 4.78 is 17.8. The molecule has 1 fully saturated rings. The quantitative estimate of drug-likeness (QED) is 0.541. The molecular formula is C17H24O3S. The third-order valence-corrected chi connectivity index (χ3v) is 5.52. The first-order valence-electron chi connectivity index (χ1n) is 7.88. The minimum Gasteiger partial charge on any atom is -0.461 e. The number of unbranched alkanes of at least 4 members (excludes halogenated alkanes) is 4. The van der Waals surface area contributed by atoms with Crippen molar-refractivity contribution in [2.75, 3.05) is 0 Å². The lowest BCUT2D eigenvalue weighted by molar-refractivity contribution is -0.141. The minimum absolute atomic E-state index is 0.0446. The highest BCUT2D eigenvalue weighted by molar-refractivity contribution is 7.86. The number of carbonyl (C=O) groups excluding carboxylic acids is 1. The number of ether oxygens (including phenoxy) is 1. The van der Waals surface area contributed by atoms with Crippen LogP contribution in [0.5, 0.6) is 0 Å². The van der Waals surface area contributed by atoms with E-state index in [1.807, 2.05) is 30.3 Å². The predicted octanol–water partition coefficient (Wildman–Crippen LogP) is 3.84. The summed E-state index contributed by atoms with van der Waals surface area (Å²) in [6.07, 6.45) is 7.47. The Kier molecular flexibility index (Phi) is 6.43. The van der Waals surface area contributed by atoms with Crippen molar-refractivity contribution in [3.63, 3.8) is 0 Å². The Morgan fingerprint density at radius 1 is 1.14 bits per heavy atom. The fraction of sp³-hybridized carbons (Fsp3) is 0.588. The van der Waals surface area contributed by atoms with Crippen LogP contribution < -0.4 is 0 Å². The molecule has 3 nitrogen and oxygen atoms in total. The number of esters is 1. The van der Waals surface area contributed by atoms with E-state index in [1.165, 1.54) is 25.7 Å². The number of carbonyl (C=O) groups is 1. The largest absolute Gasteiger partial charge is 0.461 e. The van der Waals surface area contributed by atoms with Crippen molar-refractivity contribution >= 4 is 16.8 Å². The van der Waals surface area contributed by atoms with Crippen LogP contribution in [0.4, 0.5) is 0 Å². The van der Waals surface area contributed by atoms with Crippen molar-refractivity contribution in [1.29, 1.82) is 0 Å². The van der Waals surface area contributed by atoms with Gasteiger partial charge in [-0.3, -0.25) is 9.00 Å². The monoisotopic (exact) mass is 308 g/mol. The number of rotatable bonds is 8. The minimum atomic E-state index is -1.29. The standard InChI is InChI=1S/C17H24O3S/c1-2-3-4-5-7-10-14-13-16(17(18)20-14)21(19)15-11-8-6-9-12-15/h6,8-9,11-12,14,16H,2-5,7,10,13H2,1H3. The van der Waals surface area contributed by atoms with Gasteiger partial charge < -0.3 is 4.74 Å². The average Bonchev–Trinajstić information content (AvgIpc) is 2.88. The molecule has 1 heterocycles. The van der Waals surface area contributed by atoms with Crippen LogP contribution in [-0.4, -0.2) is 21.5 Å². The van der Waals surface area contributed by atoms with Crippen molar-refractivity contribution in [3.05, 3.63) is 30.3 Å². The molecule has 0 N–H and O–H groups in total. The first-order valence-corrected chi connectivity index (χ1v) is 9.09. The van der Waals surface area contributed by atoms with Crippen molar-refractivity contribution in [1.82, 2.24) is 0 Å². The lowest BCUT2D eigenvalue weighted by atomic mass is 10.1. The van der Waals surface area contributed by atoms with E-state index in [1.54, 1.807) is 0 Å². The van der Waals surface area contributed by atoms with Gasteiger partial charge in [0.1, 0.15) is 11.4 Å². The predicted molar refractivity (Wildman–Crippen MR) is 84.5 cm³/mol. The molecule has 1 aliphatic rings. The Labute approximate surface area is 129 Å². The molecule has 1 aliphatic heterocycles. The van der Waals surface area contributed by atoms with Crippen LogP contribution in [0.2, 0.25) is 0 Å². The molecule has 21 heavy (non-hydrogen) atoms. The zero-order valence-electron chi connectivity index (χ0n) is 12.6. The van der Waals surface area contributed by atoms with Crippen molar-refractivity contribution < 1.29 is 13.7 Å². The van der Waals surface area contributed by atoms with Crippen LogP contribution in [0.15, 0.2) is 35.2 Å². The smallest absolute Gasteiger partial charge is 0.322 e. The molecule has 1 aromatic rings. The summed E-state index contributed by atoms with van der Waals surface area (Å²) in [6, 6.07) is 9.19. The molecule has 3 atom stereocenters. The van der Waals surface area contributed by atoms with E-state index >= 15 is 0 Å². The van der Waals surface area contributed by atoms with Gasteiger partial charge in [0.25, 0.3) is 0 Å².